The normalized spacial score (nSPS) is 14.5. The van der Waals surface area contributed by atoms with Gasteiger partial charge in [0.1, 0.15) is 18.1 Å². The van der Waals surface area contributed by atoms with Crippen LogP contribution in [0.25, 0.3) is 6.08 Å². The molecule has 0 saturated carbocycles. The molecule has 32 heavy (non-hydrogen) atoms. The van der Waals surface area contributed by atoms with Crippen molar-refractivity contribution in [3.05, 3.63) is 107 Å². The van der Waals surface area contributed by atoms with Gasteiger partial charge >= 0.3 is 12.0 Å². The van der Waals surface area contributed by atoms with Crippen molar-refractivity contribution in [2.45, 2.75) is 13.2 Å². The van der Waals surface area contributed by atoms with Gasteiger partial charge in [-0.3, -0.25) is 9.69 Å². The minimum Gasteiger partial charge on any atom is -0.489 e. The number of urea groups is 1. The van der Waals surface area contributed by atoms with Crippen molar-refractivity contribution >= 4 is 24.0 Å². The van der Waals surface area contributed by atoms with Gasteiger partial charge in [-0.05, 0) is 47.0 Å². The maximum absolute atomic E-state index is 12.6. The van der Waals surface area contributed by atoms with E-state index in [1.165, 1.54) is 11.0 Å². The number of rotatable bonds is 7. The molecule has 0 bridgehead atoms. The fourth-order valence-electron chi connectivity index (χ4n) is 3.27. The predicted molar refractivity (Wildman–Crippen MR) is 118 cm³/mol. The standard InChI is InChI=1S/C25H20N2O5/c28-23-22(26-25(31)27(23)15-18-5-2-1-3-6-18)14-17-9-11-21(12-10-17)32-16-19-7-4-8-20(13-19)24(29)30/h1-14H,15-16H2,(H,26,31)(H,29,30). The van der Waals surface area contributed by atoms with Crippen molar-refractivity contribution in [2.75, 3.05) is 0 Å². The first-order valence-electron chi connectivity index (χ1n) is 9.93. The van der Waals surface area contributed by atoms with E-state index in [1.54, 1.807) is 48.5 Å². The van der Waals surface area contributed by atoms with Crippen LogP contribution >= 0.6 is 0 Å². The quantitative estimate of drug-likeness (QED) is 0.437. The highest BCUT2D eigenvalue weighted by atomic mass is 16.5. The third-order valence-corrected chi connectivity index (χ3v) is 4.92. The molecule has 0 atom stereocenters. The third kappa shape index (κ3) is 4.84. The van der Waals surface area contributed by atoms with E-state index in [4.69, 9.17) is 9.84 Å². The summed E-state index contributed by atoms with van der Waals surface area (Å²) in [5.74, 6) is -0.766. The topological polar surface area (TPSA) is 95.9 Å². The van der Waals surface area contributed by atoms with E-state index in [2.05, 4.69) is 5.32 Å². The number of hydrogen-bond donors (Lipinski definition) is 2. The van der Waals surface area contributed by atoms with Crippen molar-refractivity contribution in [3.63, 3.8) is 0 Å². The molecule has 0 spiro atoms. The summed E-state index contributed by atoms with van der Waals surface area (Å²) in [6.07, 6.45) is 1.62. The molecule has 1 saturated heterocycles. The molecule has 7 heteroatoms. The maximum Gasteiger partial charge on any atom is 0.335 e. The summed E-state index contributed by atoms with van der Waals surface area (Å²) in [7, 11) is 0. The van der Waals surface area contributed by atoms with Crippen LogP contribution in [0.5, 0.6) is 5.75 Å². The molecule has 3 aromatic rings. The molecule has 0 unspecified atom stereocenters. The summed E-state index contributed by atoms with van der Waals surface area (Å²) in [6, 6.07) is 22.5. The zero-order valence-corrected chi connectivity index (χ0v) is 17.0. The second kappa shape index (κ2) is 9.18. The average molecular weight is 428 g/mol. The van der Waals surface area contributed by atoms with Gasteiger partial charge in [0.25, 0.3) is 5.91 Å². The van der Waals surface area contributed by atoms with Crippen LogP contribution in [-0.2, 0) is 17.9 Å². The minimum atomic E-state index is -0.986. The number of imide groups is 1. The second-order valence-electron chi connectivity index (χ2n) is 7.23. The molecule has 7 nitrogen and oxygen atoms in total. The van der Waals surface area contributed by atoms with Gasteiger partial charge in [-0.15, -0.1) is 0 Å². The lowest BCUT2D eigenvalue weighted by molar-refractivity contribution is -0.123. The fraction of sp³-hybridized carbons (Fsp3) is 0.0800. The summed E-state index contributed by atoms with van der Waals surface area (Å²) >= 11 is 0. The molecule has 1 aliphatic heterocycles. The van der Waals surface area contributed by atoms with Crippen LogP contribution in [0.15, 0.2) is 84.6 Å². The lowest BCUT2D eigenvalue weighted by Crippen LogP contribution is -2.30. The summed E-state index contributed by atoms with van der Waals surface area (Å²) in [5, 5.41) is 11.7. The van der Waals surface area contributed by atoms with Gasteiger partial charge in [0.15, 0.2) is 0 Å². The minimum absolute atomic E-state index is 0.206. The Labute approximate surface area is 184 Å². The van der Waals surface area contributed by atoms with Crippen molar-refractivity contribution in [1.82, 2.24) is 10.2 Å². The lowest BCUT2D eigenvalue weighted by atomic mass is 10.1. The highest BCUT2D eigenvalue weighted by Crippen LogP contribution is 2.20. The van der Waals surface area contributed by atoms with Crippen molar-refractivity contribution in [3.8, 4) is 5.75 Å². The van der Waals surface area contributed by atoms with E-state index in [1.807, 2.05) is 30.3 Å². The highest BCUT2D eigenvalue weighted by Gasteiger charge is 2.33. The molecule has 1 aliphatic rings. The molecule has 160 valence electrons. The van der Waals surface area contributed by atoms with Crippen LogP contribution in [-0.4, -0.2) is 27.9 Å². The Kier molecular flexibility index (Phi) is 5.98. The number of nitrogens with zero attached hydrogens (tertiary/aromatic N) is 1. The van der Waals surface area contributed by atoms with Crippen LogP contribution in [0.1, 0.15) is 27.0 Å². The average Bonchev–Trinajstić information content (AvgIpc) is 3.07. The van der Waals surface area contributed by atoms with Crippen LogP contribution in [0, 0.1) is 0 Å². The molecule has 1 heterocycles. The summed E-state index contributed by atoms with van der Waals surface area (Å²) in [4.78, 5) is 37.1. The van der Waals surface area contributed by atoms with E-state index in [0.29, 0.717) is 5.75 Å². The number of carboxylic acid groups (broad SMARTS) is 1. The number of benzene rings is 3. The smallest absolute Gasteiger partial charge is 0.335 e. The zero-order valence-electron chi connectivity index (χ0n) is 17.0. The monoisotopic (exact) mass is 428 g/mol. The van der Waals surface area contributed by atoms with Crippen molar-refractivity contribution in [1.29, 1.82) is 0 Å². The summed E-state index contributed by atoms with van der Waals surface area (Å²) < 4.78 is 5.71. The molecule has 3 amide bonds. The zero-order chi connectivity index (χ0) is 22.5. The number of amides is 3. The summed E-state index contributed by atoms with van der Waals surface area (Å²) in [6.45, 7) is 0.434. The Morgan fingerprint density at radius 3 is 2.38 bits per heavy atom. The first-order valence-corrected chi connectivity index (χ1v) is 9.93. The molecule has 0 radical (unpaired) electrons. The Morgan fingerprint density at radius 2 is 1.66 bits per heavy atom. The maximum atomic E-state index is 12.6. The molecule has 4 rings (SSSR count). The number of carbonyl (C=O) groups excluding carboxylic acids is 2. The predicted octanol–water partition coefficient (Wildman–Crippen LogP) is 4.06. The number of carbonyl (C=O) groups is 3. The highest BCUT2D eigenvalue weighted by molar-refractivity contribution is 6.13. The Balaban J connectivity index is 1.39. The number of hydrogen-bond acceptors (Lipinski definition) is 4. The molecule has 0 aliphatic carbocycles. The Hall–Kier alpha value is -4.39. The van der Waals surface area contributed by atoms with Gasteiger partial charge in [0.2, 0.25) is 0 Å². The van der Waals surface area contributed by atoms with E-state index in [-0.39, 0.29) is 30.3 Å². The third-order valence-electron chi connectivity index (χ3n) is 4.92. The van der Waals surface area contributed by atoms with Crippen LogP contribution in [0.3, 0.4) is 0 Å². The molecule has 1 fully saturated rings. The Bertz CT molecular complexity index is 1190. The molecular formula is C25H20N2O5. The van der Waals surface area contributed by atoms with Crippen LogP contribution in [0.4, 0.5) is 4.79 Å². The van der Waals surface area contributed by atoms with Crippen molar-refractivity contribution < 1.29 is 24.2 Å². The van der Waals surface area contributed by atoms with Gasteiger partial charge in [-0.25, -0.2) is 9.59 Å². The van der Waals surface area contributed by atoms with E-state index < -0.39 is 12.0 Å². The van der Waals surface area contributed by atoms with Gasteiger partial charge in [0, 0.05) is 0 Å². The first kappa shape index (κ1) is 20.9. The Morgan fingerprint density at radius 1 is 0.938 bits per heavy atom. The largest absolute Gasteiger partial charge is 0.489 e. The van der Waals surface area contributed by atoms with Gasteiger partial charge < -0.3 is 15.2 Å². The molecule has 2 N–H and O–H groups in total. The lowest BCUT2D eigenvalue weighted by Gasteiger charge is -2.11. The molecule has 0 aromatic heterocycles. The number of carboxylic acids is 1. The van der Waals surface area contributed by atoms with Gasteiger partial charge in [-0.1, -0.05) is 54.6 Å². The summed E-state index contributed by atoms with van der Waals surface area (Å²) in [5.41, 5.74) is 2.76. The van der Waals surface area contributed by atoms with Crippen LogP contribution < -0.4 is 10.1 Å². The first-order chi connectivity index (χ1) is 15.5. The molecular weight excluding hydrogens is 408 g/mol. The number of ether oxygens (including phenoxy) is 1. The van der Waals surface area contributed by atoms with E-state index in [0.717, 1.165) is 16.7 Å². The SMILES string of the molecule is O=C(O)c1cccc(COc2ccc(C=C3NC(=O)N(Cc4ccccc4)C3=O)cc2)c1. The van der Waals surface area contributed by atoms with E-state index >= 15 is 0 Å². The van der Waals surface area contributed by atoms with Gasteiger partial charge in [-0.2, -0.15) is 0 Å². The molecule has 3 aromatic carbocycles. The number of nitrogens with one attached hydrogen (secondary N) is 1. The number of aromatic carboxylic acids is 1. The van der Waals surface area contributed by atoms with Gasteiger partial charge in [0.05, 0.1) is 12.1 Å². The van der Waals surface area contributed by atoms with Crippen LogP contribution in [0.2, 0.25) is 0 Å². The second-order valence-corrected chi connectivity index (χ2v) is 7.23. The van der Waals surface area contributed by atoms with E-state index in [9.17, 15) is 14.4 Å². The fourth-order valence-corrected chi connectivity index (χ4v) is 3.27. The van der Waals surface area contributed by atoms with Crippen molar-refractivity contribution in [2.24, 2.45) is 0 Å².